The van der Waals surface area contributed by atoms with Gasteiger partial charge in [0, 0.05) is 22.5 Å². The fraction of sp³-hybridized carbons (Fsp3) is 0.0526. The number of aryl methyl sites for hydroxylation is 1. The highest BCUT2D eigenvalue weighted by atomic mass is 35.5. The summed E-state index contributed by atoms with van der Waals surface area (Å²) >= 11 is 6.27. The molecule has 4 rings (SSSR count). The lowest BCUT2D eigenvalue weighted by Gasteiger charge is -2.06. The van der Waals surface area contributed by atoms with Crippen molar-refractivity contribution in [2.75, 3.05) is 0 Å². The smallest absolute Gasteiger partial charge is 0.260 e. The first-order valence-corrected chi connectivity index (χ1v) is 7.93. The highest BCUT2D eigenvalue weighted by molar-refractivity contribution is 6.31. The first-order valence-electron chi connectivity index (χ1n) is 7.56. The number of H-pyrrole nitrogens is 1. The molecule has 1 N–H and O–H groups in total. The topological polar surface area (TPSA) is 50.7 Å². The summed E-state index contributed by atoms with van der Waals surface area (Å²) in [5, 5.41) is 1.25. The van der Waals surface area contributed by atoms with E-state index >= 15 is 0 Å². The molecule has 0 atom stereocenters. The van der Waals surface area contributed by atoms with E-state index in [0.29, 0.717) is 16.1 Å². The minimum atomic E-state index is -0.157. The van der Waals surface area contributed by atoms with Gasteiger partial charge < -0.3 is 9.55 Å². The molecule has 0 aliphatic rings. The Bertz CT molecular complexity index is 1100. The van der Waals surface area contributed by atoms with Crippen LogP contribution >= 0.6 is 11.6 Å². The second-order valence-corrected chi connectivity index (χ2v) is 6.05. The molecule has 0 aliphatic heterocycles. The van der Waals surface area contributed by atoms with E-state index in [1.807, 2.05) is 66.2 Å². The zero-order valence-corrected chi connectivity index (χ0v) is 13.7. The van der Waals surface area contributed by atoms with Crippen molar-refractivity contribution < 1.29 is 0 Å². The Kier molecular flexibility index (Phi) is 3.47. The highest BCUT2D eigenvalue weighted by Gasteiger charge is 2.15. The van der Waals surface area contributed by atoms with E-state index in [9.17, 15) is 4.79 Å². The van der Waals surface area contributed by atoms with E-state index in [2.05, 4.69) is 9.97 Å². The van der Waals surface area contributed by atoms with Crippen molar-refractivity contribution >= 4 is 22.6 Å². The normalized spacial score (nSPS) is 11.1. The number of benzene rings is 2. The number of nitrogens with one attached hydrogen (secondary N) is 1. The summed E-state index contributed by atoms with van der Waals surface area (Å²) in [6.45, 7) is 1.96. The zero-order valence-electron chi connectivity index (χ0n) is 13.0. The Morgan fingerprint density at radius 2 is 1.92 bits per heavy atom. The van der Waals surface area contributed by atoms with E-state index < -0.39 is 0 Å². The summed E-state index contributed by atoms with van der Waals surface area (Å²) in [4.78, 5) is 19.4. The predicted molar refractivity (Wildman–Crippen MR) is 96.9 cm³/mol. The maximum Gasteiger partial charge on any atom is 0.260 e. The van der Waals surface area contributed by atoms with Crippen molar-refractivity contribution in [2.24, 2.45) is 0 Å². The van der Waals surface area contributed by atoms with E-state index in [1.165, 1.54) is 6.33 Å². The van der Waals surface area contributed by atoms with Gasteiger partial charge in [0.1, 0.15) is 0 Å². The molecule has 24 heavy (non-hydrogen) atoms. The fourth-order valence-electron chi connectivity index (χ4n) is 2.84. The first kappa shape index (κ1) is 14.7. The fourth-order valence-corrected chi connectivity index (χ4v) is 3.01. The van der Waals surface area contributed by atoms with Crippen LogP contribution in [0, 0.1) is 6.92 Å². The third-order valence-corrected chi connectivity index (χ3v) is 4.51. The molecule has 0 fully saturated rings. The molecule has 0 radical (unpaired) electrons. The molecule has 0 amide bonds. The number of fused-ring (bicyclic) bond motifs is 1. The van der Waals surface area contributed by atoms with Crippen LogP contribution in [-0.2, 0) is 0 Å². The molecule has 0 saturated heterocycles. The van der Waals surface area contributed by atoms with Crippen LogP contribution in [0.4, 0.5) is 0 Å². The molecule has 0 aliphatic carbocycles. The number of halogens is 1. The highest BCUT2D eigenvalue weighted by Crippen LogP contribution is 2.30. The van der Waals surface area contributed by atoms with E-state index in [0.717, 1.165) is 22.4 Å². The second kappa shape index (κ2) is 5.65. The van der Waals surface area contributed by atoms with Crippen LogP contribution in [0.15, 0.2) is 65.8 Å². The number of aromatic amines is 1. The molecule has 2 aromatic carbocycles. The molecule has 0 bridgehead atoms. The lowest BCUT2D eigenvalue weighted by molar-refractivity contribution is 1.06. The summed E-state index contributed by atoms with van der Waals surface area (Å²) in [5.74, 6) is 0. The molecule has 5 heteroatoms. The van der Waals surface area contributed by atoms with Gasteiger partial charge in [-0.15, -0.1) is 0 Å². The zero-order chi connectivity index (χ0) is 16.7. The average molecular weight is 336 g/mol. The lowest BCUT2D eigenvalue weighted by atomic mass is 10.1. The third kappa shape index (κ3) is 2.32. The molecular formula is C19H14ClN3O. The molecule has 118 valence electrons. The first-order chi connectivity index (χ1) is 11.6. The van der Waals surface area contributed by atoms with Crippen LogP contribution in [0.5, 0.6) is 0 Å². The van der Waals surface area contributed by atoms with Gasteiger partial charge in [-0.2, -0.15) is 0 Å². The third-order valence-electron chi connectivity index (χ3n) is 4.11. The summed E-state index contributed by atoms with van der Waals surface area (Å²) in [5.41, 5.74) is 4.14. The monoisotopic (exact) mass is 335 g/mol. The maximum atomic E-state index is 12.4. The molecule has 0 saturated carbocycles. The molecule has 0 spiro atoms. The van der Waals surface area contributed by atoms with Crippen molar-refractivity contribution in [2.45, 2.75) is 6.92 Å². The van der Waals surface area contributed by atoms with Crippen LogP contribution < -0.4 is 5.56 Å². The molecule has 2 aromatic heterocycles. The average Bonchev–Trinajstić information content (AvgIpc) is 2.99. The van der Waals surface area contributed by atoms with Crippen LogP contribution in [0.25, 0.3) is 27.8 Å². The molecule has 2 heterocycles. The van der Waals surface area contributed by atoms with Crippen LogP contribution in [0.1, 0.15) is 5.56 Å². The number of nitrogens with zero attached hydrogens (tertiary/aromatic N) is 2. The lowest BCUT2D eigenvalue weighted by Crippen LogP contribution is -2.07. The largest absolute Gasteiger partial charge is 0.312 e. The quantitative estimate of drug-likeness (QED) is 0.592. The van der Waals surface area contributed by atoms with Gasteiger partial charge in [0.15, 0.2) is 5.65 Å². The molecule has 0 unspecified atom stereocenters. The summed E-state index contributed by atoms with van der Waals surface area (Å²) in [6.07, 6.45) is 3.36. The van der Waals surface area contributed by atoms with Crippen molar-refractivity contribution in [3.63, 3.8) is 0 Å². The van der Waals surface area contributed by atoms with Gasteiger partial charge in [0.2, 0.25) is 0 Å². The number of rotatable bonds is 2. The standard InChI is InChI=1S/C19H14ClN3O/c1-12-7-8-14(9-16(12)20)23-10-15(13-5-3-2-4-6-13)17-18(23)21-11-22-19(17)24/h2-11H,1H3,(H,21,22,24). The Balaban J connectivity index is 2.06. The van der Waals surface area contributed by atoms with Gasteiger partial charge in [0.25, 0.3) is 5.56 Å². The Hall–Kier alpha value is -2.85. The molecule has 4 aromatic rings. The summed E-state index contributed by atoms with van der Waals surface area (Å²) in [7, 11) is 0. The Morgan fingerprint density at radius 1 is 1.12 bits per heavy atom. The van der Waals surface area contributed by atoms with Gasteiger partial charge in [0.05, 0.1) is 11.7 Å². The van der Waals surface area contributed by atoms with Crippen LogP contribution in [0.3, 0.4) is 0 Å². The SMILES string of the molecule is Cc1ccc(-n2cc(-c3ccccc3)c3c(=O)[nH]cnc32)cc1Cl. The number of hydrogen-bond donors (Lipinski definition) is 1. The molecule has 4 nitrogen and oxygen atoms in total. The minimum Gasteiger partial charge on any atom is -0.312 e. The predicted octanol–water partition coefficient (Wildman–Crippen LogP) is 4.34. The van der Waals surface area contributed by atoms with Crippen LogP contribution in [-0.4, -0.2) is 14.5 Å². The van der Waals surface area contributed by atoms with E-state index in [4.69, 9.17) is 11.6 Å². The van der Waals surface area contributed by atoms with Gasteiger partial charge in [-0.05, 0) is 30.2 Å². The number of aromatic nitrogens is 3. The van der Waals surface area contributed by atoms with Crippen LogP contribution in [0.2, 0.25) is 5.02 Å². The Morgan fingerprint density at radius 3 is 2.67 bits per heavy atom. The summed E-state index contributed by atoms with van der Waals surface area (Å²) in [6, 6.07) is 15.6. The van der Waals surface area contributed by atoms with Gasteiger partial charge >= 0.3 is 0 Å². The van der Waals surface area contributed by atoms with E-state index in [1.54, 1.807) is 0 Å². The summed E-state index contributed by atoms with van der Waals surface area (Å²) < 4.78 is 1.90. The van der Waals surface area contributed by atoms with Gasteiger partial charge in [-0.1, -0.05) is 48.0 Å². The second-order valence-electron chi connectivity index (χ2n) is 5.64. The molecular weight excluding hydrogens is 322 g/mol. The minimum absolute atomic E-state index is 0.157. The van der Waals surface area contributed by atoms with Gasteiger partial charge in [-0.3, -0.25) is 4.79 Å². The maximum absolute atomic E-state index is 12.4. The van der Waals surface area contributed by atoms with Gasteiger partial charge in [-0.25, -0.2) is 4.98 Å². The van der Waals surface area contributed by atoms with Crippen molar-refractivity contribution in [1.29, 1.82) is 0 Å². The van der Waals surface area contributed by atoms with Crippen molar-refractivity contribution in [1.82, 2.24) is 14.5 Å². The number of hydrogen-bond acceptors (Lipinski definition) is 2. The van der Waals surface area contributed by atoms with Crippen molar-refractivity contribution in [3.8, 4) is 16.8 Å². The van der Waals surface area contributed by atoms with Crippen molar-refractivity contribution in [3.05, 3.63) is 82.0 Å². The Labute approximate surface area is 143 Å². The van der Waals surface area contributed by atoms with E-state index in [-0.39, 0.29) is 5.56 Å².